The van der Waals surface area contributed by atoms with E-state index in [2.05, 4.69) is 10.2 Å². The molecule has 0 bridgehead atoms. The second kappa shape index (κ2) is 4.60. The standard InChI is InChI=1S/C10H17N5O2S/c16-18(17,13-6-1-2-7-13)14-8-3-10(9-14)15-11-4-5-12-15/h4-5,10H,1-3,6-9H2/t10-/m1/s1. The topological polar surface area (TPSA) is 71.3 Å². The van der Waals surface area contributed by atoms with Gasteiger partial charge in [0.1, 0.15) is 0 Å². The first-order chi connectivity index (χ1) is 8.68. The molecule has 3 heterocycles. The van der Waals surface area contributed by atoms with Gasteiger partial charge in [0, 0.05) is 26.2 Å². The Morgan fingerprint density at radius 3 is 2.33 bits per heavy atom. The minimum atomic E-state index is -3.26. The number of aromatic nitrogens is 3. The van der Waals surface area contributed by atoms with Crippen LogP contribution in [0, 0.1) is 0 Å². The Hall–Kier alpha value is -0.990. The van der Waals surface area contributed by atoms with Crippen LogP contribution in [-0.4, -0.2) is 58.2 Å². The number of hydrogen-bond acceptors (Lipinski definition) is 4. The Labute approximate surface area is 107 Å². The maximum Gasteiger partial charge on any atom is 0.282 e. The number of hydrogen-bond donors (Lipinski definition) is 0. The van der Waals surface area contributed by atoms with Gasteiger partial charge in [0.2, 0.25) is 0 Å². The Kier molecular flexibility index (Phi) is 3.08. The summed E-state index contributed by atoms with van der Waals surface area (Å²) >= 11 is 0. The second-order valence-electron chi connectivity index (χ2n) is 4.76. The van der Waals surface area contributed by atoms with E-state index in [1.165, 1.54) is 0 Å². The van der Waals surface area contributed by atoms with Gasteiger partial charge in [-0.3, -0.25) is 0 Å². The average Bonchev–Trinajstić information content (AvgIpc) is 3.12. The van der Waals surface area contributed by atoms with Crippen molar-refractivity contribution in [2.24, 2.45) is 0 Å². The lowest BCUT2D eigenvalue weighted by Crippen LogP contribution is -2.41. The van der Waals surface area contributed by atoms with Gasteiger partial charge < -0.3 is 0 Å². The fourth-order valence-corrected chi connectivity index (χ4v) is 4.35. The van der Waals surface area contributed by atoms with E-state index >= 15 is 0 Å². The molecule has 2 aliphatic rings. The Balaban J connectivity index is 1.71. The predicted molar refractivity (Wildman–Crippen MR) is 65.0 cm³/mol. The van der Waals surface area contributed by atoms with Crippen molar-refractivity contribution in [2.75, 3.05) is 26.2 Å². The van der Waals surface area contributed by atoms with Gasteiger partial charge in [-0.1, -0.05) is 0 Å². The quantitative estimate of drug-likeness (QED) is 0.767. The number of nitrogens with zero attached hydrogens (tertiary/aromatic N) is 5. The van der Waals surface area contributed by atoms with E-state index in [4.69, 9.17) is 0 Å². The molecule has 18 heavy (non-hydrogen) atoms. The van der Waals surface area contributed by atoms with Gasteiger partial charge in [0.05, 0.1) is 18.4 Å². The van der Waals surface area contributed by atoms with Gasteiger partial charge in [0.25, 0.3) is 10.2 Å². The van der Waals surface area contributed by atoms with Crippen LogP contribution in [-0.2, 0) is 10.2 Å². The molecule has 0 aromatic carbocycles. The van der Waals surface area contributed by atoms with Gasteiger partial charge in [-0.25, -0.2) is 0 Å². The molecule has 0 spiro atoms. The van der Waals surface area contributed by atoms with Crippen LogP contribution >= 0.6 is 0 Å². The zero-order valence-corrected chi connectivity index (χ0v) is 11.0. The van der Waals surface area contributed by atoms with Crippen LogP contribution in [0.2, 0.25) is 0 Å². The van der Waals surface area contributed by atoms with Crippen LogP contribution in [0.15, 0.2) is 12.4 Å². The molecule has 0 unspecified atom stereocenters. The normalized spacial score (nSPS) is 27.0. The van der Waals surface area contributed by atoms with Crippen LogP contribution in [0.4, 0.5) is 0 Å². The molecule has 2 fully saturated rings. The molecule has 8 heteroatoms. The summed E-state index contributed by atoms with van der Waals surface area (Å²) in [5.74, 6) is 0. The third kappa shape index (κ3) is 2.04. The van der Waals surface area contributed by atoms with Gasteiger partial charge in [-0.2, -0.15) is 32.0 Å². The van der Waals surface area contributed by atoms with Gasteiger partial charge in [-0.05, 0) is 19.3 Å². The smallest absolute Gasteiger partial charge is 0.195 e. The van der Waals surface area contributed by atoms with Gasteiger partial charge in [-0.15, -0.1) is 0 Å². The van der Waals surface area contributed by atoms with Crippen molar-refractivity contribution in [3.63, 3.8) is 0 Å². The summed E-state index contributed by atoms with van der Waals surface area (Å²) in [6.07, 6.45) is 5.96. The summed E-state index contributed by atoms with van der Waals surface area (Å²) in [4.78, 5) is 1.61. The van der Waals surface area contributed by atoms with Gasteiger partial charge >= 0.3 is 0 Å². The highest BCUT2D eigenvalue weighted by Crippen LogP contribution is 2.25. The van der Waals surface area contributed by atoms with Crippen molar-refractivity contribution in [1.29, 1.82) is 0 Å². The molecule has 0 saturated carbocycles. The highest BCUT2D eigenvalue weighted by molar-refractivity contribution is 7.86. The lowest BCUT2D eigenvalue weighted by atomic mass is 10.3. The second-order valence-corrected chi connectivity index (χ2v) is 6.69. The van der Waals surface area contributed by atoms with Crippen molar-refractivity contribution < 1.29 is 8.42 Å². The summed E-state index contributed by atoms with van der Waals surface area (Å²) in [5, 5.41) is 8.17. The first-order valence-electron chi connectivity index (χ1n) is 6.29. The highest BCUT2D eigenvalue weighted by Gasteiger charge is 2.37. The van der Waals surface area contributed by atoms with E-state index in [1.54, 1.807) is 25.8 Å². The van der Waals surface area contributed by atoms with Crippen molar-refractivity contribution in [3.05, 3.63) is 12.4 Å². The van der Waals surface area contributed by atoms with E-state index in [9.17, 15) is 8.42 Å². The molecule has 1 aromatic heterocycles. The molecule has 100 valence electrons. The van der Waals surface area contributed by atoms with E-state index in [-0.39, 0.29) is 6.04 Å². The lowest BCUT2D eigenvalue weighted by Gasteiger charge is -2.23. The largest absolute Gasteiger partial charge is 0.282 e. The Bertz CT molecular complexity index is 494. The molecular formula is C10H17N5O2S. The third-order valence-corrected chi connectivity index (χ3v) is 5.61. The molecule has 0 N–H and O–H groups in total. The molecule has 1 aromatic rings. The van der Waals surface area contributed by atoms with Gasteiger partial charge in [0.15, 0.2) is 0 Å². The molecule has 7 nitrogen and oxygen atoms in total. The van der Waals surface area contributed by atoms with Crippen molar-refractivity contribution in [3.8, 4) is 0 Å². The van der Waals surface area contributed by atoms with Crippen molar-refractivity contribution in [2.45, 2.75) is 25.3 Å². The molecule has 0 aliphatic carbocycles. The zero-order valence-electron chi connectivity index (χ0n) is 10.1. The molecule has 0 amide bonds. The monoisotopic (exact) mass is 271 g/mol. The minimum Gasteiger partial charge on any atom is -0.195 e. The third-order valence-electron chi connectivity index (χ3n) is 3.61. The lowest BCUT2D eigenvalue weighted by molar-refractivity contribution is 0.372. The van der Waals surface area contributed by atoms with E-state index in [0.29, 0.717) is 26.2 Å². The minimum absolute atomic E-state index is 0.0670. The molecule has 2 aliphatic heterocycles. The maximum atomic E-state index is 12.4. The summed E-state index contributed by atoms with van der Waals surface area (Å²) in [7, 11) is -3.26. The molecular weight excluding hydrogens is 254 g/mol. The van der Waals surface area contributed by atoms with E-state index in [1.807, 2.05) is 0 Å². The summed E-state index contributed by atoms with van der Waals surface area (Å²) in [5.41, 5.74) is 0. The van der Waals surface area contributed by atoms with Crippen LogP contribution in [0.3, 0.4) is 0 Å². The van der Waals surface area contributed by atoms with Crippen LogP contribution < -0.4 is 0 Å². The fraction of sp³-hybridized carbons (Fsp3) is 0.800. The van der Waals surface area contributed by atoms with Crippen LogP contribution in [0.5, 0.6) is 0 Å². The summed E-state index contributed by atoms with van der Waals surface area (Å²) in [6.45, 7) is 2.35. The average molecular weight is 271 g/mol. The fourth-order valence-electron chi connectivity index (χ4n) is 2.61. The molecule has 2 saturated heterocycles. The van der Waals surface area contributed by atoms with E-state index in [0.717, 1.165) is 19.3 Å². The number of rotatable bonds is 3. The maximum absolute atomic E-state index is 12.4. The molecule has 3 rings (SSSR count). The first-order valence-corrected chi connectivity index (χ1v) is 7.68. The SMILES string of the molecule is O=S(=O)(N1CCCC1)N1CC[C@@H](n2nccn2)C1. The first kappa shape index (κ1) is 12.1. The molecule has 1 atom stereocenters. The van der Waals surface area contributed by atoms with Crippen molar-refractivity contribution in [1.82, 2.24) is 23.6 Å². The van der Waals surface area contributed by atoms with Crippen molar-refractivity contribution >= 4 is 10.2 Å². The Morgan fingerprint density at radius 2 is 1.67 bits per heavy atom. The summed E-state index contributed by atoms with van der Waals surface area (Å²) in [6, 6.07) is 0.0670. The Morgan fingerprint density at radius 1 is 1.00 bits per heavy atom. The predicted octanol–water partition coefficient (Wildman–Crippen LogP) is -0.135. The molecule has 0 radical (unpaired) electrons. The highest BCUT2D eigenvalue weighted by atomic mass is 32.2. The van der Waals surface area contributed by atoms with Crippen LogP contribution in [0.25, 0.3) is 0 Å². The summed E-state index contributed by atoms with van der Waals surface area (Å²) < 4.78 is 27.9. The zero-order chi connectivity index (χ0) is 12.6. The van der Waals surface area contributed by atoms with Crippen LogP contribution in [0.1, 0.15) is 25.3 Å². The van der Waals surface area contributed by atoms with E-state index < -0.39 is 10.2 Å².